The maximum atomic E-state index is 13.8. The van der Waals surface area contributed by atoms with Gasteiger partial charge in [-0.15, -0.1) is 0 Å². The highest BCUT2D eigenvalue weighted by Gasteiger charge is 2.33. The van der Waals surface area contributed by atoms with Crippen molar-refractivity contribution in [3.8, 4) is 5.75 Å². The molecule has 26 heavy (non-hydrogen) atoms. The van der Waals surface area contributed by atoms with Gasteiger partial charge in [-0.2, -0.15) is 0 Å². The molecule has 2 rings (SSSR count). The SMILES string of the molecule is O=C(O)c1c(F)c(F)c(F)c(F)c1C(=O)OCc1cc(I)c(O)c(I)c1. The van der Waals surface area contributed by atoms with Crippen molar-refractivity contribution in [2.75, 3.05) is 0 Å². The summed E-state index contributed by atoms with van der Waals surface area (Å²) >= 11 is 3.60. The highest BCUT2D eigenvalue weighted by molar-refractivity contribution is 14.1. The Bertz CT molecular complexity index is 910. The van der Waals surface area contributed by atoms with Gasteiger partial charge in [0.25, 0.3) is 0 Å². The molecule has 2 N–H and O–H groups in total. The molecule has 0 radical (unpaired) electrons. The smallest absolute Gasteiger partial charge is 0.342 e. The largest absolute Gasteiger partial charge is 0.506 e. The first-order valence-electron chi connectivity index (χ1n) is 6.49. The number of rotatable bonds is 4. The second-order valence-corrected chi connectivity index (χ2v) is 7.12. The van der Waals surface area contributed by atoms with Crippen molar-refractivity contribution in [2.45, 2.75) is 6.61 Å². The Morgan fingerprint density at radius 2 is 1.38 bits per heavy atom. The van der Waals surface area contributed by atoms with Crippen LogP contribution in [0.15, 0.2) is 12.1 Å². The van der Waals surface area contributed by atoms with Crippen LogP contribution in [0.25, 0.3) is 0 Å². The number of benzene rings is 2. The van der Waals surface area contributed by atoms with E-state index in [0.29, 0.717) is 12.7 Å². The van der Waals surface area contributed by atoms with Crippen LogP contribution in [0.1, 0.15) is 26.3 Å². The number of ether oxygens (including phenoxy) is 1. The quantitative estimate of drug-likeness (QED) is 0.182. The Morgan fingerprint density at radius 3 is 1.85 bits per heavy atom. The molecule has 0 aliphatic rings. The molecule has 0 saturated heterocycles. The lowest BCUT2D eigenvalue weighted by molar-refractivity contribution is 0.0453. The third-order valence-corrected chi connectivity index (χ3v) is 4.78. The number of hydrogen-bond donors (Lipinski definition) is 2. The van der Waals surface area contributed by atoms with Crippen molar-refractivity contribution in [1.29, 1.82) is 0 Å². The number of carboxylic acid groups (broad SMARTS) is 1. The van der Waals surface area contributed by atoms with Crippen LogP contribution in [0, 0.1) is 30.4 Å². The monoisotopic (exact) mass is 596 g/mol. The van der Waals surface area contributed by atoms with E-state index < -0.39 is 52.9 Å². The molecule has 0 atom stereocenters. The average Bonchev–Trinajstić information content (AvgIpc) is 2.58. The minimum absolute atomic E-state index is 0.0110. The van der Waals surface area contributed by atoms with Crippen molar-refractivity contribution in [2.24, 2.45) is 0 Å². The molecule has 0 unspecified atom stereocenters. The van der Waals surface area contributed by atoms with Crippen LogP contribution < -0.4 is 0 Å². The van der Waals surface area contributed by atoms with E-state index in [-0.39, 0.29) is 5.75 Å². The van der Waals surface area contributed by atoms with Gasteiger partial charge >= 0.3 is 11.9 Å². The molecule has 0 aromatic heterocycles. The number of hydrogen-bond acceptors (Lipinski definition) is 4. The Hall–Kier alpha value is -1.64. The van der Waals surface area contributed by atoms with E-state index in [0.717, 1.165) is 0 Å². The van der Waals surface area contributed by atoms with Gasteiger partial charge in [0, 0.05) is 0 Å². The predicted molar refractivity (Wildman–Crippen MR) is 95.9 cm³/mol. The van der Waals surface area contributed by atoms with Crippen LogP contribution in [-0.4, -0.2) is 22.2 Å². The van der Waals surface area contributed by atoms with E-state index in [2.05, 4.69) is 0 Å². The molecule has 0 aliphatic carbocycles. The van der Waals surface area contributed by atoms with Gasteiger partial charge in [0.1, 0.15) is 23.5 Å². The van der Waals surface area contributed by atoms with Crippen molar-refractivity contribution in [3.63, 3.8) is 0 Å². The number of aromatic carboxylic acids is 1. The molecule has 138 valence electrons. The van der Waals surface area contributed by atoms with Gasteiger partial charge in [0.2, 0.25) is 0 Å². The van der Waals surface area contributed by atoms with Gasteiger partial charge in [0.05, 0.1) is 7.14 Å². The molecular weight excluding hydrogens is 590 g/mol. The first-order chi connectivity index (χ1) is 12.1. The summed E-state index contributed by atoms with van der Waals surface area (Å²) in [5.74, 6) is -12.9. The molecule has 0 heterocycles. The number of aromatic hydroxyl groups is 1. The standard InChI is InChI=1S/C15H6F4I2O5/c16-9-7(14(23)24)8(10(17)12(19)11(9)18)15(25)26-3-4-1-5(20)13(22)6(21)2-4/h1-2,22H,3H2,(H,23,24). The van der Waals surface area contributed by atoms with E-state index in [4.69, 9.17) is 9.84 Å². The minimum atomic E-state index is -2.35. The number of halogens is 6. The predicted octanol–water partition coefficient (Wildman–Crippen LogP) is 4.21. The van der Waals surface area contributed by atoms with E-state index in [1.54, 1.807) is 45.2 Å². The Labute approximate surface area is 170 Å². The molecule has 2 aromatic rings. The van der Waals surface area contributed by atoms with Crippen molar-refractivity contribution >= 4 is 57.1 Å². The highest BCUT2D eigenvalue weighted by Crippen LogP contribution is 2.29. The zero-order chi connectivity index (χ0) is 19.8. The number of phenols is 1. The summed E-state index contributed by atoms with van der Waals surface area (Å²) in [6.45, 7) is -0.510. The summed E-state index contributed by atoms with van der Waals surface area (Å²) in [5.41, 5.74) is -2.89. The lowest BCUT2D eigenvalue weighted by atomic mass is 10.1. The molecule has 5 nitrogen and oxygen atoms in total. The van der Waals surface area contributed by atoms with Gasteiger partial charge in [0.15, 0.2) is 23.3 Å². The molecule has 0 fully saturated rings. The van der Waals surface area contributed by atoms with Crippen LogP contribution in [0.5, 0.6) is 5.75 Å². The summed E-state index contributed by atoms with van der Waals surface area (Å²) in [6.07, 6.45) is 0. The van der Waals surface area contributed by atoms with E-state index in [9.17, 15) is 32.3 Å². The van der Waals surface area contributed by atoms with Gasteiger partial charge in [-0.05, 0) is 62.9 Å². The molecule has 0 spiro atoms. The normalized spacial score (nSPS) is 10.7. The minimum Gasteiger partial charge on any atom is -0.506 e. The zero-order valence-electron chi connectivity index (χ0n) is 12.2. The second kappa shape index (κ2) is 7.94. The average molecular weight is 596 g/mol. The molecule has 11 heteroatoms. The van der Waals surface area contributed by atoms with Gasteiger partial charge < -0.3 is 14.9 Å². The Balaban J connectivity index is 2.40. The lowest BCUT2D eigenvalue weighted by Crippen LogP contribution is -2.19. The summed E-state index contributed by atoms with van der Waals surface area (Å²) in [6, 6.07) is 2.84. The number of carbonyl (C=O) groups is 2. The second-order valence-electron chi connectivity index (χ2n) is 4.80. The molecule has 0 saturated carbocycles. The third kappa shape index (κ3) is 3.87. The zero-order valence-corrected chi connectivity index (χ0v) is 16.6. The van der Waals surface area contributed by atoms with Crippen LogP contribution in [0.2, 0.25) is 0 Å². The molecule has 0 aliphatic heterocycles. The summed E-state index contributed by atoms with van der Waals surface area (Å²) < 4.78 is 59.5. The third-order valence-electron chi connectivity index (χ3n) is 3.13. The van der Waals surface area contributed by atoms with Crippen LogP contribution >= 0.6 is 45.2 Å². The number of carboxylic acids is 1. The molecule has 0 amide bonds. The van der Waals surface area contributed by atoms with E-state index in [1.165, 1.54) is 12.1 Å². The fourth-order valence-corrected chi connectivity index (χ4v) is 3.84. The summed E-state index contributed by atoms with van der Waals surface area (Å²) in [7, 11) is 0. The Morgan fingerprint density at radius 1 is 0.923 bits per heavy atom. The van der Waals surface area contributed by atoms with Gasteiger partial charge in [-0.1, -0.05) is 0 Å². The number of carbonyl (C=O) groups excluding carboxylic acids is 1. The highest BCUT2D eigenvalue weighted by atomic mass is 127. The Kier molecular flexibility index (Phi) is 6.31. The van der Waals surface area contributed by atoms with Crippen molar-refractivity contribution in [1.82, 2.24) is 0 Å². The van der Waals surface area contributed by atoms with Gasteiger partial charge in [-0.3, -0.25) is 0 Å². The fourth-order valence-electron chi connectivity index (χ4n) is 1.95. The maximum absolute atomic E-state index is 13.8. The summed E-state index contributed by atoms with van der Waals surface area (Å²) in [4.78, 5) is 23.0. The first-order valence-corrected chi connectivity index (χ1v) is 8.65. The van der Waals surface area contributed by atoms with Crippen molar-refractivity contribution in [3.05, 3.63) is 59.2 Å². The summed E-state index contributed by atoms with van der Waals surface area (Å²) in [5, 5.41) is 18.5. The molecule has 0 bridgehead atoms. The maximum Gasteiger partial charge on any atom is 0.342 e. The molecule has 2 aromatic carbocycles. The number of phenolic OH excluding ortho intramolecular Hbond substituents is 1. The first kappa shape index (κ1) is 20.7. The fraction of sp³-hybridized carbons (Fsp3) is 0.0667. The molecular formula is C15H6F4I2O5. The topological polar surface area (TPSA) is 83.8 Å². The van der Waals surface area contributed by atoms with E-state index in [1.807, 2.05) is 0 Å². The van der Waals surface area contributed by atoms with Gasteiger partial charge in [-0.25, -0.2) is 27.2 Å². The van der Waals surface area contributed by atoms with Crippen LogP contribution in [0.3, 0.4) is 0 Å². The van der Waals surface area contributed by atoms with E-state index >= 15 is 0 Å². The van der Waals surface area contributed by atoms with Crippen LogP contribution in [-0.2, 0) is 11.3 Å². The van der Waals surface area contributed by atoms with Crippen molar-refractivity contribution < 1.29 is 42.1 Å². The van der Waals surface area contributed by atoms with Crippen LogP contribution in [0.4, 0.5) is 17.6 Å². The lowest BCUT2D eigenvalue weighted by Gasteiger charge is -2.11. The number of esters is 1.